The van der Waals surface area contributed by atoms with E-state index in [-0.39, 0.29) is 0 Å². The second-order valence-corrected chi connectivity index (χ2v) is 16.9. The summed E-state index contributed by atoms with van der Waals surface area (Å²) in [5.41, 5.74) is 11.7. The van der Waals surface area contributed by atoms with Crippen LogP contribution in [0.4, 0.5) is 17.1 Å². The van der Waals surface area contributed by atoms with Crippen LogP contribution in [0.5, 0.6) is 0 Å². The van der Waals surface area contributed by atoms with E-state index in [2.05, 4.69) is 252 Å². The number of hydrogen-bond acceptors (Lipinski definition) is 1. The molecule has 1 aromatic heterocycles. The molecule has 13 aromatic rings. The van der Waals surface area contributed by atoms with E-state index in [9.17, 15) is 0 Å². The third-order valence-corrected chi connectivity index (χ3v) is 13.3. The minimum Gasteiger partial charge on any atom is -0.310 e. The Bertz CT molecular complexity index is 3950. The highest BCUT2D eigenvalue weighted by atomic mass is 15.1. The molecule has 0 saturated carbocycles. The fourth-order valence-electron chi connectivity index (χ4n) is 10.4. The van der Waals surface area contributed by atoms with Gasteiger partial charge in [-0.2, -0.15) is 0 Å². The van der Waals surface area contributed by atoms with Crippen LogP contribution in [0.15, 0.2) is 243 Å². The van der Waals surface area contributed by atoms with E-state index in [0.717, 1.165) is 22.7 Å². The van der Waals surface area contributed by atoms with Crippen molar-refractivity contribution in [1.29, 1.82) is 0 Å². The second-order valence-electron chi connectivity index (χ2n) is 16.9. The Kier molecular flexibility index (Phi) is 8.25. The van der Waals surface area contributed by atoms with Gasteiger partial charge in [-0.05, 0) is 120 Å². The molecule has 12 aromatic carbocycles. The number of fused-ring (bicyclic) bond motifs is 11. The Labute approximate surface area is 371 Å². The Balaban J connectivity index is 1.01. The van der Waals surface area contributed by atoms with Crippen LogP contribution >= 0.6 is 0 Å². The summed E-state index contributed by atoms with van der Waals surface area (Å²) < 4.78 is 2.45. The molecule has 0 aliphatic carbocycles. The van der Waals surface area contributed by atoms with Gasteiger partial charge in [-0.1, -0.05) is 188 Å². The Morgan fingerprint density at radius 1 is 0.297 bits per heavy atom. The van der Waals surface area contributed by atoms with E-state index in [1.165, 1.54) is 97.9 Å². The topological polar surface area (TPSA) is 8.17 Å². The van der Waals surface area contributed by atoms with Gasteiger partial charge in [-0.15, -0.1) is 0 Å². The maximum absolute atomic E-state index is 2.45. The molecule has 0 fully saturated rings. The van der Waals surface area contributed by atoms with Crippen molar-refractivity contribution in [2.24, 2.45) is 0 Å². The predicted octanol–water partition coefficient (Wildman–Crippen LogP) is 17.4. The molecule has 1 heterocycles. The minimum atomic E-state index is 1.09. The van der Waals surface area contributed by atoms with Gasteiger partial charge in [0, 0.05) is 38.6 Å². The van der Waals surface area contributed by atoms with E-state index in [1.54, 1.807) is 0 Å². The lowest BCUT2D eigenvalue weighted by Crippen LogP contribution is -2.11. The van der Waals surface area contributed by atoms with E-state index < -0.39 is 0 Å². The van der Waals surface area contributed by atoms with Gasteiger partial charge in [0.15, 0.2) is 0 Å². The van der Waals surface area contributed by atoms with E-state index in [4.69, 9.17) is 0 Å². The summed E-state index contributed by atoms with van der Waals surface area (Å²) in [5, 5.41) is 15.0. The number of nitrogens with zero attached hydrogens (tertiary/aromatic N) is 2. The molecule has 0 aliphatic rings. The zero-order chi connectivity index (χ0) is 42.1. The van der Waals surface area contributed by atoms with Crippen LogP contribution in [0.25, 0.3) is 104 Å². The molecule has 0 bridgehead atoms. The van der Waals surface area contributed by atoms with Gasteiger partial charge in [0.1, 0.15) is 0 Å². The fourth-order valence-corrected chi connectivity index (χ4v) is 10.4. The van der Waals surface area contributed by atoms with Gasteiger partial charge in [-0.3, -0.25) is 0 Å². The third kappa shape index (κ3) is 5.73. The molecule has 2 heteroatoms. The largest absolute Gasteiger partial charge is 0.310 e. The molecule has 0 amide bonds. The van der Waals surface area contributed by atoms with Crippen molar-refractivity contribution in [3.8, 4) is 27.9 Å². The smallest absolute Gasteiger partial charge is 0.0619 e. The third-order valence-electron chi connectivity index (χ3n) is 13.3. The van der Waals surface area contributed by atoms with Crippen LogP contribution in [0.1, 0.15) is 0 Å². The summed E-state index contributed by atoms with van der Waals surface area (Å²) in [6.07, 6.45) is 0. The van der Waals surface area contributed by atoms with Crippen molar-refractivity contribution >= 4 is 92.7 Å². The van der Waals surface area contributed by atoms with Crippen LogP contribution in [-0.4, -0.2) is 4.57 Å². The number of anilines is 3. The van der Waals surface area contributed by atoms with E-state index >= 15 is 0 Å². The zero-order valence-electron chi connectivity index (χ0n) is 35.0. The normalized spacial score (nSPS) is 11.8. The minimum absolute atomic E-state index is 1.09. The van der Waals surface area contributed by atoms with Gasteiger partial charge in [0.2, 0.25) is 0 Å². The van der Waals surface area contributed by atoms with Crippen LogP contribution in [-0.2, 0) is 0 Å². The average Bonchev–Trinajstić information content (AvgIpc) is 3.72. The predicted molar refractivity (Wildman–Crippen MR) is 274 cm³/mol. The average molecular weight is 813 g/mol. The molecule has 0 saturated heterocycles. The first kappa shape index (κ1) is 36.2. The standard InChI is InChI=1S/C62H40N2/c1-2-18-48(19-3-1)64-59-27-13-26-54(61(59)58-37-32-43-15-5-9-23-55(43)62(58)64)45-17-12-20-50(39-45)63(60-40-46-16-6-8-22-52(46)56-24-10-11-25-57(56)60)49-34-30-41(31-35-49)44-33-36-53-47(38-44)29-28-42-14-4-7-21-51(42)53/h1-40H. The fraction of sp³-hybridized carbons (Fsp3) is 0. The maximum atomic E-state index is 2.45. The van der Waals surface area contributed by atoms with Crippen molar-refractivity contribution in [1.82, 2.24) is 4.57 Å². The van der Waals surface area contributed by atoms with Crippen LogP contribution in [0.2, 0.25) is 0 Å². The van der Waals surface area contributed by atoms with Crippen LogP contribution < -0.4 is 4.90 Å². The molecule has 0 aliphatic heterocycles. The lowest BCUT2D eigenvalue weighted by atomic mass is 9.96. The molecular weight excluding hydrogens is 773 g/mol. The Hall–Kier alpha value is -8.46. The molecule has 0 spiro atoms. The van der Waals surface area contributed by atoms with Crippen molar-refractivity contribution in [2.45, 2.75) is 0 Å². The summed E-state index contributed by atoms with van der Waals surface area (Å²) in [7, 11) is 0. The molecule has 2 nitrogen and oxygen atoms in total. The van der Waals surface area contributed by atoms with Gasteiger partial charge >= 0.3 is 0 Å². The molecule has 0 radical (unpaired) electrons. The lowest BCUT2D eigenvalue weighted by molar-refractivity contribution is 1.19. The molecular formula is C62H40N2. The number of para-hydroxylation sites is 1. The van der Waals surface area contributed by atoms with Gasteiger partial charge in [0.05, 0.1) is 16.7 Å². The highest BCUT2D eigenvalue weighted by molar-refractivity contribution is 6.22. The summed E-state index contributed by atoms with van der Waals surface area (Å²) >= 11 is 0. The van der Waals surface area contributed by atoms with Crippen LogP contribution in [0, 0.1) is 0 Å². The van der Waals surface area contributed by atoms with Crippen molar-refractivity contribution < 1.29 is 0 Å². The second kappa shape index (κ2) is 14.6. The molecule has 64 heavy (non-hydrogen) atoms. The van der Waals surface area contributed by atoms with E-state index in [1.807, 2.05) is 0 Å². The first-order chi connectivity index (χ1) is 31.7. The first-order valence-corrected chi connectivity index (χ1v) is 22.1. The van der Waals surface area contributed by atoms with Gasteiger partial charge in [0.25, 0.3) is 0 Å². The Morgan fingerprint density at radius 2 is 0.875 bits per heavy atom. The van der Waals surface area contributed by atoms with Crippen molar-refractivity contribution in [3.63, 3.8) is 0 Å². The summed E-state index contributed by atoms with van der Waals surface area (Å²) in [4.78, 5) is 2.45. The highest BCUT2D eigenvalue weighted by Gasteiger charge is 2.21. The first-order valence-electron chi connectivity index (χ1n) is 22.1. The zero-order valence-corrected chi connectivity index (χ0v) is 35.0. The molecule has 0 unspecified atom stereocenters. The molecule has 0 N–H and O–H groups in total. The number of rotatable bonds is 6. The van der Waals surface area contributed by atoms with Crippen molar-refractivity contribution in [3.05, 3.63) is 243 Å². The molecule has 0 atom stereocenters. The number of aromatic nitrogens is 1. The number of benzene rings is 12. The SMILES string of the molecule is c1ccc(-n2c3cccc(-c4cccc(N(c5ccc(-c6ccc7c(ccc8ccccc87)c6)cc5)c5cc6ccccc6c6ccccc56)c4)c3c3ccc4ccccc4c32)cc1. The molecule has 298 valence electrons. The van der Waals surface area contributed by atoms with Crippen LogP contribution in [0.3, 0.4) is 0 Å². The summed E-state index contributed by atoms with van der Waals surface area (Å²) in [5.74, 6) is 0. The van der Waals surface area contributed by atoms with Gasteiger partial charge < -0.3 is 9.47 Å². The molecule has 13 rings (SSSR count). The Morgan fingerprint density at radius 3 is 1.69 bits per heavy atom. The quantitative estimate of drug-likeness (QED) is 0.152. The summed E-state index contributed by atoms with van der Waals surface area (Å²) in [6.45, 7) is 0. The van der Waals surface area contributed by atoms with E-state index in [0.29, 0.717) is 0 Å². The van der Waals surface area contributed by atoms with Crippen molar-refractivity contribution in [2.75, 3.05) is 4.90 Å². The highest BCUT2D eigenvalue weighted by Crippen LogP contribution is 2.46. The monoisotopic (exact) mass is 812 g/mol. The summed E-state index contributed by atoms with van der Waals surface area (Å²) in [6, 6.07) is 89.1. The van der Waals surface area contributed by atoms with Gasteiger partial charge in [-0.25, -0.2) is 0 Å². The maximum Gasteiger partial charge on any atom is 0.0619 e. The number of hydrogen-bond donors (Lipinski definition) is 0. The lowest BCUT2D eigenvalue weighted by Gasteiger charge is -2.28.